The van der Waals surface area contributed by atoms with Gasteiger partial charge >= 0.3 is 6.09 Å². The number of fused-ring (bicyclic) bond motifs is 1. The molecule has 1 heterocycles. The summed E-state index contributed by atoms with van der Waals surface area (Å²) in [4.78, 5) is 11.4. The van der Waals surface area contributed by atoms with Crippen molar-refractivity contribution in [3.05, 3.63) is 17.9 Å². The molecule has 7 heteroatoms. The maximum atomic E-state index is 13.6. The van der Waals surface area contributed by atoms with E-state index in [2.05, 4.69) is 5.16 Å². The average molecular weight is 225 g/mol. The van der Waals surface area contributed by atoms with Crippen LogP contribution in [0.4, 0.5) is 20.7 Å². The predicted octanol–water partition coefficient (Wildman–Crippen LogP) is 1.66. The van der Waals surface area contributed by atoms with Crippen molar-refractivity contribution in [3.8, 4) is 0 Å². The summed E-state index contributed by atoms with van der Waals surface area (Å²) in [5.41, 5.74) is 5.55. The lowest BCUT2D eigenvalue weighted by Crippen LogP contribution is -2.24. The highest BCUT2D eigenvalue weighted by Crippen LogP contribution is 2.28. The van der Waals surface area contributed by atoms with E-state index in [4.69, 9.17) is 15.4 Å². The van der Waals surface area contributed by atoms with Gasteiger partial charge in [-0.1, -0.05) is 5.16 Å². The molecule has 0 aliphatic rings. The molecule has 0 spiro atoms. The zero-order chi connectivity index (χ0) is 11.9. The molecule has 0 aliphatic carbocycles. The lowest BCUT2D eigenvalue weighted by molar-refractivity contribution is 0.203. The molecule has 3 N–H and O–H groups in total. The number of carboxylic acid groups (broad SMARTS) is 1. The van der Waals surface area contributed by atoms with E-state index in [9.17, 15) is 9.18 Å². The van der Waals surface area contributed by atoms with E-state index in [1.54, 1.807) is 0 Å². The Kier molecular flexibility index (Phi) is 2.15. The largest absolute Gasteiger partial charge is 0.465 e. The fraction of sp³-hybridized carbons (Fsp3) is 0.111. The van der Waals surface area contributed by atoms with Crippen molar-refractivity contribution in [1.82, 2.24) is 5.16 Å². The van der Waals surface area contributed by atoms with Crippen LogP contribution in [0.25, 0.3) is 11.0 Å². The van der Waals surface area contributed by atoms with Gasteiger partial charge < -0.3 is 15.4 Å². The van der Waals surface area contributed by atoms with Crippen molar-refractivity contribution in [2.75, 3.05) is 17.7 Å². The number of hydrogen-bond donors (Lipinski definition) is 2. The van der Waals surface area contributed by atoms with Gasteiger partial charge in [-0.25, -0.2) is 9.18 Å². The molecule has 6 nitrogen and oxygen atoms in total. The second-order valence-corrected chi connectivity index (χ2v) is 3.21. The summed E-state index contributed by atoms with van der Waals surface area (Å²) in [6.45, 7) is 0. The minimum absolute atomic E-state index is 0.0680. The van der Waals surface area contributed by atoms with Gasteiger partial charge in [0.15, 0.2) is 11.4 Å². The quantitative estimate of drug-likeness (QED) is 0.769. The van der Waals surface area contributed by atoms with E-state index in [0.29, 0.717) is 5.39 Å². The molecule has 0 saturated heterocycles. The number of halogens is 1. The van der Waals surface area contributed by atoms with Crippen LogP contribution in [0.1, 0.15) is 0 Å². The minimum atomic E-state index is -1.27. The van der Waals surface area contributed by atoms with Crippen LogP contribution in [0, 0.1) is 5.82 Å². The second-order valence-electron chi connectivity index (χ2n) is 3.21. The van der Waals surface area contributed by atoms with Crippen LogP contribution in [0.2, 0.25) is 0 Å². The molecule has 2 rings (SSSR count). The van der Waals surface area contributed by atoms with Crippen LogP contribution in [0.3, 0.4) is 0 Å². The van der Waals surface area contributed by atoms with Crippen molar-refractivity contribution < 1.29 is 18.8 Å². The average Bonchev–Trinajstić information content (AvgIpc) is 2.58. The zero-order valence-corrected chi connectivity index (χ0v) is 8.27. The maximum absolute atomic E-state index is 13.6. The number of hydrogen-bond acceptors (Lipinski definition) is 4. The Morgan fingerprint density at radius 1 is 1.62 bits per heavy atom. The van der Waals surface area contributed by atoms with Gasteiger partial charge in [-0.2, -0.15) is 0 Å². The standard InChI is InChI=1S/C9H8FN3O3/c1-13(9(14)15)6-3-7-4(2-5(6)10)8(11)12-16-7/h2-3H,1H3,(H2,11,12)(H,14,15). The molecular formula is C9H8FN3O3. The predicted molar refractivity (Wildman–Crippen MR) is 54.8 cm³/mol. The van der Waals surface area contributed by atoms with Crippen LogP contribution in [0.5, 0.6) is 0 Å². The summed E-state index contributed by atoms with van der Waals surface area (Å²) in [6, 6.07) is 2.33. The lowest BCUT2D eigenvalue weighted by atomic mass is 10.2. The van der Waals surface area contributed by atoms with Gasteiger partial charge in [0.05, 0.1) is 11.1 Å². The van der Waals surface area contributed by atoms with E-state index in [0.717, 1.165) is 11.0 Å². The van der Waals surface area contributed by atoms with Crippen LogP contribution >= 0.6 is 0 Å². The number of aromatic nitrogens is 1. The molecule has 0 aliphatic heterocycles. The fourth-order valence-electron chi connectivity index (χ4n) is 1.33. The first kappa shape index (κ1) is 10.2. The Hall–Kier alpha value is -2.31. The summed E-state index contributed by atoms with van der Waals surface area (Å²) in [6.07, 6.45) is -1.27. The molecule has 1 amide bonds. The van der Waals surface area contributed by atoms with Gasteiger partial charge in [-0.3, -0.25) is 4.90 Å². The van der Waals surface area contributed by atoms with Gasteiger partial charge in [0, 0.05) is 13.1 Å². The molecule has 2 aromatic rings. The van der Waals surface area contributed by atoms with Gasteiger partial charge in [-0.05, 0) is 6.07 Å². The molecule has 16 heavy (non-hydrogen) atoms. The number of nitrogens with two attached hydrogens (primary N) is 1. The third kappa shape index (κ3) is 1.42. The van der Waals surface area contributed by atoms with Crippen molar-refractivity contribution in [2.45, 2.75) is 0 Å². The first-order chi connectivity index (χ1) is 7.50. The SMILES string of the molecule is CN(C(=O)O)c1cc2onc(N)c2cc1F. The van der Waals surface area contributed by atoms with Crippen molar-refractivity contribution in [3.63, 3.8) is 0 Å². The number of amides is 1. The van der Waals surface area contributed by atoms with Crippen molar-refractivity contribution >= 4 is 28.6 Å². The van der Waals surface area contributed by atoms with Gasteiger partial charge in [-0.15, -0.1) is 0 Å². The Bertz CT molecular complexity index is 566. The number of anilines is 2. The summed E-state index contributed by atoms with van der Waals surface area (Å²) in [5, 5.41) is 12.5. The number of carbonyl (C=O) groups is 1. The van der Waals surface area contributed by atoms with Crippen molar-refractivity contribution in [1.29, 1.82) is 0 Å². The molecule has 84 valence electrons. The number of nitrogen functional groups attached to an aromatic ring is 1. The summed E-state index contributed by atoms with van der Waals surface area (Å²) < 4.78 is 18.4. The number of benzene rings is 1. The zero-order valence-electron chi connectivity index (χ0n) is 8.27. The Morgan fingerprint density at radius 3 is 2.94 bits per heavy atom. The second kappa shape index (κ2) is 3.37. The Balaban J connectivity index is 2.63. The van der Waals surface area contributed by atoms with Gasteiger partial charge in [0.2, 0.25) is 0 Å². The molecule has 0 unspecified atom stereocenters. The number of rotatable bonds is 1. The van der Waals surface area contributed by atoms with E-state index in [1.807, 2.05) is 0 Å². The fourth-order valence-corrected chi connectivity index (χ4v) is 1.33. The van der Waals surface area contributed by atoms with Crippen LogP contribution in [0.15, 0.2) is 16.7 Å². The monoisotopic (exact) mass is 225 g/mol. The van der Waals surface area contributed by atoms with Crippen LogP contribution in [-0.4, -0.2) is 23.4 Å². The van der Waals surface area contributed by atoms with Crippen LogP contribution in [-0.2, 0) is 0 Å². The highest BCUT2D eigenvalue weighted by Gasteiger charge is 2.17. The van der Waals surface area contributed by atoms with Gasteiger partial charge in [0.1, 0.15) is 5.82 Å². The third-order valence-electron chi connectivity index (χ3n) is 2.22. The summed E-state index contributed by atoms with van der Waals surface area (Å²) in [7, 11) is 1.23. The molecule has 0 bridgehead atoms. The lowest BCUT2D eigenvalue weighted by Gasteiger charge is -2.13. The summed E-state index contributed by atoms with van der Waals surface area (Å²) in [5.74, 6) is -0.634. The first-order valence-electron chi connectivity index (χ1n) is 4.31. The van der Waals surface area contributed by atoms with E-state index in [-0.39, 0.29) is 17.1 Å². The molecule has 0 saturated carbocycles. The maximum Gasteiger partial charge on any atom is 0.411 e. The third-order valence-corrected chi connectivity index (χ3v) is 2.22. The molecule has 1 aromatic carbocycles. The molecular weight excluding hydrogens is 217 g/mol. The molecule has 0 atom stereocenters. The highest BCUT2D eigenvalue weighted by atomic mass is 19.1. The molecule has 0 fully saturated rings. The summed E-state index contributed by atoms with van der Waals surface area (Å²) >= 11 is 0. The minimum Gasteiger partial charge on any atom is -0.465 e. The van der Waals surface area contributed by atoms with Crippen LogP contribution < -0.4 is 10.6 Å². The number of nitrogens with zero attached hydrogens (tertiary/aromatic N) is 2. The first-order valence-corrected chi connectivity index (χ1v) is 4.31. The Labute approximate surface area is 89.0 Å². The highest BCUT2D eigenvalue weighted by molar-refractivity contribution is 5.93. The molecule has 0 radical (unpaired) electrons. The van der Waals surface area contributed by atoms with E-state index < -0.39 is 11.9 Å². The van der Waals surface area contributed by atoms with Crippen molar-refractivity contribution in [2.24, 2.45) is 0 Å². The van der Waals surface area contributed by atoms with E-state index >= 15 is 0 Å². The topological polar surface area (TPSA) is 92.6 Å². The van der Waals surface area contributed by atoms with Gasteiger partial charge in [0.25, 0.3) is 0 Å². The smallest absolute Gasteiger partial charge is 0.411 e. The Morgan fingerprint density at radius 2 is 2.31 bits per heavy atom. The molecule has 1 aromatic heterocycles. The van der Waals surface area contributed by atoms with E-state index in [1.165, 1.54) is 13.1 Å². The normalized spacial score (nSPS) is 10.6.